The highest BCUT2D eigenvalue weighted by Gasteiger charge is 2.38. The first kappa shape index (κ1) is 27.2. The minimum absolute atomic E-state index is 0.478. The molecular formula is C42H36S3. The second-order valence-electron chi connectivity index (χ2n) is 13.5. The first-order valence-corrected chi connectivity index (χ1v) is 19.5. The van der Waals surface area contributed by atoms with Gasteiger partial charge in [-0.25, -0.2) is 0 Å². The van der Waals surface area contributed by atoms with Gasteiger partial charge in [0.1, 0.15) is 0 Å². The molecule has 4 atom stereocenters. The van der Waals surface area contributed by atoms with Gasteiger partial charge in [0.15, 0.2) is 0 Å². The monoisotopic (exact) mass is 636 g/mol. The first-order chi connectivity index (χ1) is 22.3. The third-order valence-electron chi connectivity index (χ3n) is 10.9. The number of aryl methyl sites for hydroxylation is 2. The van der Waals surface area contributed by atoms with Crippen LogP contribution in [0.3, 0.4) is 0 Å². The molecule has 1 aromatic heterocycles. The highest BCUT2D eigenvalue weighted by Crippen LogP contribution is 2.56. The lowest BCUT2D eigenvalue weighted by Crippen LogP contribution is -2.13. The second kappa shape index (κ2) is 10.8. The van der Waals surface area contributed by atoms with Crippen molar-refractivity contribution in [3.8, 4) is 22.3 Å². The molecule has 10 rings (SSSR count). The second-order valence-corrected chi connectivity index (χ2v) is 17.0. The van der Waals surface area contributed by atoms with Crippen molar-refractivity contribution in [2.45, 2.75) is 72.7 Å². The molecule has 2 aliphatic heterocycles. The van der Waals surface area contributed by atoms with E-state index in [4.69, 9.17) is 0 Å². The average Bonchev–Trinajstić information content (AvgIpc) is 3.79. The van der Waals surface area contributed by atoms with Crippen molar-refractivity contribution in [1.82, 2.24) is 0 Å². The number of allylic oxidation sites excluding steroid dienone is 8. The minimum atomic E-state index is 0.478. The molecule has 1 saturated heterocycles. The molecule has 6 aliphatic rings. The van der Waals surface area contributed by atoms with Gasteiger partial charge in [-0.3, -0.25) is 0 Å². The molecule has 4 unspecified atom stereocenters. The van der Waals surface area contributed by atoms with E-state index in [-0.39, 0.29) is 0 Å². The molecule has 0 amide bonds. The van der Waals surface area contributed by atoms with Crippen LogP contribution in [0.15, 0.2) is 113 Å². The summed E-state index contributed by atoms with van der Waals surface area (Å²) in [5, 5.41) is 2.71. The molecule has 0 N–H and O–H groups in total. The van der Waals surface area contributed by atoms with E-state index < -0.39 is 0 Å². The van der Waals surface area contributed by atoms with Crippen molar-refractivity contribution < 1.29 is 0 Å². The van der Waals surface area contributed by atoms with Gasteiger partial charge in [-0.15, -0.1) is 34.9 Å². The summed E-state index contributed by atoms with van der Waals surface area (Å²) in [7, 11) is 0. The zero-order chi connectivity index (χ0) is 29.5. The zero-order valence-corrected chi connectivity index (χ0v) is 27.9. The number of thiophene rings is 1. The van der Waals surface area contributed by atoms with Crippen LogP contribution in [-0.2, 0) is 12.8 Å². The normalized spacial score (nSPS) is 26.0. The summed E-state index contributed by atoms with van der Waals surface area (Å²) in [6, 6.07) is 21.8. The molecule has 4 aromatic rings. The first-order valence-electron chi connectivity index (χ1n) is 16.9. The molecule has 3 aromatic carbocycles. The quantitative estimate of drug-likeness (QED) is 0.205. The molecule has 4 aliphatic carbocycles. The number of hydrogen-bond acceptors (Lipinski definition) is 3. The Bertz CT molecular complexity index is 2050. The summed E-state index contributed by atoms with van der Waals surface area (Å²) in [4.78, 5) is 4.70. The molecular weight excluding hydrogens is 601 g/mol. The standard InChI is InChI=1S/C42H36S3/c1-4-19-37-31(10-1)34-16-7-13-28(40(34)43-37)25-22-26(29-14-8-17-35-32-11-2-5-20-38(32)44-41(29)35)24-27(23-25)30-15-9-18-36-33-12-3-6-21-39(33)45-42(30)36/h1-2,4,7,9-11,13,15-19,22-24,31-32,37-38H,3,5-6,8,12,14,20-21H2. The van der Waals surface area contributed by atoms with E-state index in [2.05, 4.69) is 132 Å². The number of rotatable bonds is 3. The van der Waals surface area contributed by atoms with Gasteiger partial charge in [0.25, 0.3) is 0 Å². The lowest BCUT2D eigenvalue weighted by Gasteiger charge is -2.21. The van der Waals surface area contributed by atoms with Gasteiger partial charge in [-0.2, -0.15) is 0 Å². The Labute approximate surface area is 279 Å². The van der Waals surface area contributed by atoms with E-state index in [9.17, 15) is 0 Å². The van der Waals surface area contributed by atoms with Gasteiger partial charge in [-0.1, -0.05) is 78.9 Å². The highest BCUT2D eigenvalue weighted by molar-refractivity contribution is 8.04. The van der Waals surface area contributed by atoms with E-state index >= 15 is 0 Å². The summed E-state index contributed by atoms with van der Waals surface area (Å²) in [6.07, 6.45) is 26.7. The van der Waals surface area contributed by atoms with E-state index in [0.717, 1.165) is 12.8 Å². The van der Waals surface area contributed by atoms with Gasteiger partial charge in [-0.05, 0) is 125 Å². The third kappa shape index (κ3) is 4.34. The molecule has 0 spiro atoms. The molecule has 1 fully saturated rings. The Balaban J connectivity index is 1.19. The van der Waals surface area contributed by atoms with E-state index in [0.29, 0.717) is 22.3 Å². The Kier molecular flexibility index (Phi) is 6.51. The number of fused-ring (bicyclic) bond motifs is 9. The van der Waals surface area contributed by atoms with Gasteiger partial charge >= 0.3 is 0 Å². The molecule has 0 saturated carbocycles. The van der Waals surface area contributed by atoms with E-state index in [1.807, 2.05) is 0 Å². The number of hydrogen-bond donors (Lipinski definition) is 0. The molecule has 222 valence electrons. The average molecular weight is 637 g/mol. The lowest BCUT2D eigenvalue weighted by atomic mass is 9.82. The molecule has 0 nitrogen and oxygen atoms in total. The number of benzene rings is 3. The van der Waals surface area contributed by atoms with Gasteiger partial charge in [0.05, 0.1) is 0 Å². The minimum Gasteiger partial charge on any atom is -0.139 e. The maximum absolute atomic E-state index is 2.57. The van der Waals surface area contributed by atoms with Crippen molar-refractivity contribution >= 4 is 50.5 Å². The van der Waals surface area contributed by atoms with Crippen LogP contribution in [0.25, 0.3) is 37.9 Å². The fourth-order valence-electron chi connectivity index (χ4n) is 8.76. The molecule has 3 heterocycles. The fourth-order valence-corrected chi connectivity index (χ4v) is 13.3. The third-order valence-corrected chi connectivity index (χ3v) is 15.2. The van der Waals surface area contributed by atoms with Crippen LogP contribution in [0, 0.1) is 5.92 Å². The predicted octanol–water partition coefficient (Wildman–Crippen LogP) is 12.3. The summed E-state index contributed by atoms with van der Waals surface area (Å²) >= 11 is 6.32. The van der Waals surface area contributed by atoms with Crippen LogP contribution < -0.4 is 0 Å². The molecule has 0 radical (unpaired) electrons. The molecule has 45 heavy (non-hydrogen) atoms. The van der Waals surface area contributed by atoms with Crippen molar-refractivity contribution in [2.75, 3.05) is 0 Å². The van der Waals surface area contributed by atoms with Crippen LogP contribution in [0.5, 0.6) is 0 Å². The van der Waals surface area contributed by atoms with Crippen LogP contribution in [0.2, 0.25) is 0 Å². The van der Waals surface area contributed by atoms with Gasteiger partial charge in [0, 0.05) is 41.7 Å². The maximum atomic E-state index is 2.57. The van der Waals surface area contributed by atoms with Crippen molar-refractivity contribution in [1.29, 1.82) is 0 Å². The van der Waals surface area contributed by atoms with Crippen molar-refractivity contribution in [3.63, 3.8) is 0 Å². The van der Waals surface area contributed by atoms with E-state index in [1.54, 1.807) is 26.5 Å². The summed E-state index contributed by atoms with van der Waals surface area (Å²) < 4.78 is 1.50. The maximum Gasteiger partial charge on any atom is 0.0426 e. The summed E-state index contributed by atoms with van der Waals surface area (Å²) in [5.41, 5.74) is 13.3. The highest BCUT2D eigenvalue weighted by atomic mass is 32.2. The summed E-state index contributed by atoms with van der Waals surface area (Å²) in [5.74, 6) is 1.08. The van der Waals surface area contributed by atoms with Crippen LogP contribution in [-0.4, -0.2) is 10.5 Å². The van der Waals surface area contributed by atoms with Crippen LogP contribution in [0.1, 0.15) is 66.0 Å². The Morgan fingerprint density at radius 3 is 2.53 bits per heavy atom. The van der Waals surface area contributed by atoms with Crippen molar-refractivity contribution in [3.05, 3.63) is 129 Å². The Morgan fingerprint density at radius 1 is 0.711 bits per heavy atom. The SMILES string of the molecule is C1=CC2Sc3c(-c4cc(C5=C6SC7CCC=CC7C6=CCC5)cc(-c5cccc6c7c(sc56)CCCC7)c4)cccc3C2C=C1. The van der Waals surface area contributed by atoms with Gasteiger partial charge < -0.3 is 0 Å². The van der Waals surface area contributed by atoms with Crippen molar-refractivity contribution in [2.24, 2.45) is 5.92 Å². The fraction of sp³-hybridized carbons (Fsp3) is 0.286. The van der Waals surface area contributed by atoms with Gasteiger partial charge in [0.2, 0.25) is 0 Å². The predicted molar refractivity (Wildman–Crippen MR) is 197 cm³/mol. The largest absolute Gasteiger partial charge is 0.139 e. The van der Waals surface area contributed by atoms with Crippen LogP contribution in [0.4, 0.5) is 0 Å². The Morgan fingerprint density at radius 2 is 1.56 bits per heavy atom. The van der Waals surface area contributed by atoms with E-state index in [1.165, 1.54) is 86.9 Å². The lowest BCUT2D eigenvalue weighted by molar-refractivity contribution is 0.642. The topological polar surface area (TPSA) is 0 Å². The summed E-state index contributed by atoms with van der Waals surface area (Å²) in [6.45, 7) is 0. The molecule has 3 heteroatoms. The smallest absolute Gasteiger partial charge is 0.0426 e. The Hall–Kier alpha value is -2.98. The molecule has 0 bridgehead atoms. The van der Waals surface area contributed by atoms with Crippen LogP contribution >= 0.6 is 34.9 Å². The zero-order valence-electron chi connectivity index (χ0n) is 25.4. The number of thioether (sulfide) groups is 2.